The second kappa shape index (κ2) is 4.09. The third kappa shape index (κ3) is 5.92. The lowest BCUT2D eigenvalue weighted by atomic mass is 10.4. The Balaban J connectivity index is 2.68. The van der Waals surface area contributed by atoms with Crippen LogP contribution in [0.5, 0.6) is 0 Å². The van der Waals surface area contributed by atoms with Crippen LogP contribution < -0.4 is 11.1 Å². The van der Waals surface area contributed by atoms with E-state index < -0.39 is 0 Å². The Bertz CT molecular complexity index is 35.1. The molecular weight excluding hydrogens is 88.1 g/mol. The van der Waals surface area contributed by atoms with Gasteiger partial charge in [-0.25, -0.2) is 0 Å². The zero-order valence-electron chi connectivity index (χ0n) is 4.99. The maximum atomic E-state index is 6.73. The molecule has 0 aromatic carbocycles. The van der Waals surface area contributed by atoms with Crippen molar-refractivity contribution >= 4 is 0 Å². The van der Waals surface area contributed by atoms with Gasteiger partial charge in [-0.1, -0.05) is 13.8 Å². The van der Waals surface area contributed by atoms with Crippen LogP contribution in [0, 0.1) is 0 Å². The molecule has 2 N–H and O–H groups in total. The molecule has 7 heavy (non-hydrogen) atoms. The molecule has 2 heteroatoms. The van der Waals surface area contributed by atoms with Crippen molar-refractivity contribution in [2.24, 2.45) is 0 Å². The van der Waals surface area contributed by atoms with Gasteiger partial charge in [0.2, 0.25) is 0 Å². The van der Waals surface area contributed by atoms with Crippen molar-refractivity contribution < 1.29 is 0 Å². The molecule has 0 heterocycles. The zero-order valence-corrected chi connectivity index (χ0v) is 4.99. The molecule has 2 nitrogen and oxygen atoms in total. The van der Waals surface area contributed by atoms with Crippen molar-refractivity contribution in [3.8, 4) is 0 Å². The minimum absolute atomic E-state index is 0.484. The van der Waals surface area contributed by atoms with Gasteiger partial charge in [-0.15, -0.1) is 0 Å². The quantitative estimate of drug-likeness (QED) is 0.544. The molecule has 0 atom stereocenters. The molecule has 1 radical (unpaired) electrons. The fraction of sp³-hybridized carbons (Fsp3) is 1.00. The summed E-state index contributed by atoms with van der Waals surface area (Å²) in [7, 11) is 0. The molecular formula is C5H13N2. The maximum absolute atomic E-state index is 6.73. The van der Waals surface area contributed by atoms with Gasteiger partial charge in [-0.05, 0) is 0 Å². The van der Waals surface area contributed by atoms with Crippen molar-refractivity contribution in [3.05, 3.63) is 0 Å². The van der Waals surface area contributed by atoms with Crippen LogP contribution in [0.25, 0.3) is 0 Å². The van der Waals surface area contributed by atoms with E-state index in [1.54, 1.807) is 0 Å². The standard InChI is InChI=1S/C5H13N2/c1-5(2)7-4-3-6/h5-7H,3-4H2,1-2H3. The molecule has 0 aromatic rings. The van der Waals surface area contributed by atoms with Crippen molar-refractivity contribution in [1.82, 2.24) is 11.1 Å². The molecule has 0 aliphatic carbocycles. The zero-order chi connectivity index (χ0) is 5.70. The fourth-order valence-electron chi connectivity index (χ4n) is 0.361. The van der Waals surface area contributed by atoms with Crippen LogP contribution in [0.15, 0.2) is 0 Å². The summed E-state index contributed by atoms with van der Waals surface area (Å²) in [6.07, 6.45) is 0. The number of hydrogen-bond acceptors (Lipinski definition) is 1. The van der Waals surface area contributed by atoms with Gasteiger partial charge in [-0.2, -0.15) is 0 Å². The van der Waals surface area contributed by atoms with Crippen LogP contribution in [0.2, 0.25) is 0 Å². The van der Waals surface area contributed by atoms with E-state index in [4.69, 9.17) is 5.73 Å². The van der Waals surface area contributed by atoms with Gasteiger partial charge in [0.1, 0.15) is 0 Å². The van der Waals surface area contributed by atoms with E-state index in [1.165, 1.54) is 0 Å². The van der Waals surface area contributed by atoms with E-state index in [2.05, 4.69) is 19.2 Å². The summed E-state index contributed by atoms with van der Waals surface area (Å²) in [5.74, 6) is 0. The van der Waals surface area contributed by atoms with E-state index in [9.17, 15) is 0 Å². The van der Waals surface area contributed by atoms with Crippen LogP contribution in [0.3, 0.4) is 0 Å². The second-order valence-electron chi connectivity index (χ2n) is 1.86. The summed E-state index contributed by atoms with van der Waals surface area (Å²) in [6.45, 7) is 5.46. The molecule has 0 saturated heterocycles. The topological polar surface area (TPSA) is 35.8 Å². The van der Waals surface area contributed by atoms with Gasteiger partial charge in [-0.3, -0.25) is 5.73 Å². The van der Waals surface area contributed by atoms with E-state index in [-0.39, 0.29) is 0 Å². The van der Waals surface area contributed by atoms with E-state index in [0.717, 1.165) is 6.54 Å². The summed E-state index contributed by atoms with van der Waals surface area (Å²) in [5, 5.41) is 3.11. The number of hydrogen-bond donors (Lipinski definition) is 1. The SMILES string of the molecule is CC(C)NCC[NH]. The molecule has 0 saturated carbocycles. The summed E-state index contributed by atoms with van der Waals surface area (Å²) in [5.41, 5.74) is 6.73. The third-order valence-corrected chi connectivity index (χ3v) is 0.678. The Morgan fingerprint density at radius 2 is 2.14 bits per heavy atom. The average molecular weight is 101 g/mol. The van der Waals surface area contributed by atoms with Gasteiger partial charge in [0, 0.05) is 19.1 Å². The van der Waals surface area contributed by atoms with Gasteiger partial charge < -0.3 is 5.32 Å². The highest BCUT2D eigenvalue weighted by Crippen LogP contribution is 1.71. The van der Waals surface area contributed by atoms with Crippen LogP contribution in [0.1, 0.15) is 13.8 Å². The molecule has 0 unspecified atom stereocenters. The van der Waals surface area contributed by atoms with Crippen LogP contribution in [-0.2, 0) is 0 Å². The van der Waals surface area contributed by atoms with E-state index in [1.807, 2.05) is 0 Å². The van der Waals surface area contributed by atoms with Crippen molar-refractivity contribution in [2.75, 3.05) is 13.1 Å². The molecule has 0 aromatic heterocycles. The smallest absolute Gasteiger partial charge is 0.0225 e. The molecule has 0 aliphatic heterocycles. The summed E-state index contributed by atoms with van der Waals surface area (Å²) in [6, 6.07) is 0.533. The Morgan fingerprint density at radius 3 is 2.29 bits per heavy atom. The lowest BCUT2D eigenvalue weighted by Crippen LogP contribution is -2.25. The molecule has 0 aliphatic rings. The highest BCUT2D eigenvalue weighted by molar-refractivity contribution is 4.50. The first-order valence-corrected chi connectivity index (χ1v) is 2.65. The Hall–Kier alpha value is -0.0800. The third-order valence-electron chi connectivity index (χ3n) is 0.678. The predicted octanol–water partition coefficient (Wildman–Crippen LogP) is 0.267. The summed E-state index contributed by atoms with van der Waals surface area (Å²) in [4.78, 5) is 0. The Kier molecular flexibility index (Phi) is 4.04. The highest BCUT2D eigenvalue weighted by Gasteiger charge is 1.85. The van der Waals surface area contributed by atoms with Crippen LogP contribution in [0.4, 0.5) is 0 Å². The van der Waals surface area contributed by atoms with Crippen LogP contribution in [-0.4, -0.2) is 19.1 Å². The van der Waals surface area contributed by atoms with Crippen molar-refractivity contribution in [3.63, 3.8) is 0 Å². The summed E-state index contributed by atoms with van der Waals surface area (Å²) < 4.78 is 0. The predicted molar refractivity (Wildman–Crippen MR) is 31.1 cm³/mol. The average Bonchev–Trinajstić information content (AvgIpc) is 1.61. The summed E-state index contributed by atoms with van der Waals surface area (Å²) >= 11 is 0. The molecule has 0 rings (SSSR count). The molecule has 43 valence electrons. The Morgan fingerprint density at radius 1 is 1.57 bits per heavy atom. The second-order valence-corrected chi connectivity index (χ2v) is 1.86. The first kappa shape index (κ1) is 6.92. The van der Waals surface area contributed by atoms with Gasteiger partial charge in [0.15, 0.2) is 0 Å². The minimum Gasteiger partial charge on any atom is -0.313 e. The highest BCUT2D eigenvalue weighted by atomic mass is 14.9. The van der Waals surface area contributed by atoms with Gasteiger partial charge in [0.25, 0.3) is 0 Å². The van der Waals surface area contributed by atoms with E-state index in [0.29, 0.717) is 12.6 Å². The fourth-order valence-corrected chi connectivity index (χ4v) is 0.361. The lowest BCUT2D eigenvalue weighted by molar-refractivity contribution is 0.593. The number of rotatable bonds is 3. The van der Waals surface area contributed by atoms with E-state index >= 15 is 0 Å². The first-order valence-electron chi connectivity index (χ1n) is 2.65. The molecule has 0 spiro atoms. The van der Waals surface area contributed by atoms with Gasteiger partial charge in [0.05, 0.1) is 0 Å². The van der Waals surface area contributed by atoms with Gasteiger partial charge >= 0.3 is 0 Å². The van der Waals surface area contributed by atoms with Crippen molar-refractivity contribution in [2.45, 2.75) is 19.9 Å². The Labute approximate surface area is 45.1 Å². The largest absolute Gasteiger partial charge is 0.313 e. The normalized spacial score (nSPS) is 10.3. The molecule has 0 fully saturated rings. The lowest BCUT2D eigenvalue weighted by Gasteiger charge is -2.03. The van der Waals surface area contributed by atoms with Crippen molar-refractivity contribution in [1.29, 1.82) is 0 Å². The molecule has 0 bridgehead atoms. The minimum atomic E-state index is 0.484. The van der Waals surface area contributed by atoms with Crippen LogP contribution >= 0.6 is 0 Å². The maximum Gasteiger partial charge on any atom is 0.0225 e. The first-order chi connectivity index (χ1) is 3.27. The number of nitrogens with one attached hydrogen (secondary N) is 2. The molecule has 0 amide bonds. The monoisotopic (exact) mass is 101 g/mol.